The monoisotopic (exact) mass is 269 g/mol. The zero-order chi connectivity index (χ0) is 14.3. The fourth-order valence-corrected chi connectivity index (χ4v) is 2.47. The number of anilines is 1. The van der Waals surface area contributed by atoms with Crippen LogP contribution in [0.25, 0.3) is 22.4 Å². The summed E-state index contributed by atoms with van der Waals surface area (Å²) >= 11 is 0. The molecule has 4 heteroatoms. The second-order valence-electron chi connectivity index (χ2n) is 5.13. The molecule has 0 spiro atoms. The first-order chi connectivity index (χ1) is 9.58. The topological polar surface area (TPSA) is 43.8 Å². The van der Waals surface area contributed by atoms with E-state index >= 15 is 0 Å². The highest BCUT2D eigenvalue weighted by molar-refractivity contribution is 5.81. The molecule has 0 saturated carbocycles. The zero-order valence-corrected chi connectivity index (χ0v) is 11.5. The third-order valence-electron chi connectivity index (χ3n) is 3.35. The largest absolute Gasteiger partial charge is 0.399 e. The fourth-order valence-electron chi connectivity index (χ4n) is 2.47. The van der Waals surface area contributed by atoms with Crippen LogP contribution in [0.1, 0.15) is 19.9 Å². The number of fused-ring (bicyclic) bond motifs is 1. The van der Waals surface area contributed by atoms with Gasteiger partial charge in [-0.25, -0.2) is 9.37 Å². The molecule has 20 heavy (non-hydrogen) atoms. The number of rotatable bonds is 2. The number of para-hydroxylation sites is 2. The molecule has 0 bridgehead atoms. The average molecular weight is 269 g/mol. The molecule has 0 aliphatic heterocycles. The Labute approximate surface area is 116 Å². The Kier molecular flexibility index (Phi) is 2.93. The van der Waals surface area contributed by atoms with Crippen molar-refractivity contribution in [2.75, 3.05) is 5.73 Å². The van der Waals surface area contributed by atoms with E-state index in [1.54, 1.807) is 12.1 Å². The summed E-state index contributed by atoms with van der Waals surface area (Å²) in [6, 6.07) is 12.7. The molecule has 3 nitrogen and oxygen atoms in total. The lowest BCUT2D eigenvalue weighted by molar-refractivity contribution is 0.608. The summed E-state index contributed by atoms with van der Waals surface area (Å²) in [5.41, 5.74) is 8.38. The van der Waals surface area contributed by atoms with Gasteiger partial charge in [-0.1, -0.05) is 12.1 Å². The number of nitrogens with zero attached hydrogens (tertiary/aromatic N) is 2. The van der Waals surface area contributed by atoms with Crippen molar-refractivity contribution in [2.24, 2.45) is 0 Å². The van der Waals surface area contributed by atoms with Crippen LogP contribution >= 0.6 is 0 Å². The molecular formula is C16H16FN3. The molecule has 0 unspecified atom stereocenters. The van der Waals surface area contributed by atoms with Crippen LogP contribution in [0.5, 0.6) is 0 Å². The standard InChI is InChI=1S/C16H16FN3/c1-10(2)20-15-6-4-3-5-14(15)19-16(20)12-8-7-11(18)9-13(12)17/h3-10H,18H2,1-2H3. The van der Waals surface area contributed by atoms with Crippen molar-refractivity contribution in [3.8, 4) is 11.4 Å². The molecule has 2 aromatic carbocycles. The molecule has 0 aliphatic carbocycles. The van der Waals surface area contributed by atoms with Gasteiger partial charge in [0.15, 0.2) is 0 Å². The van der Waals surface area contributed by atoms with Crippen molar-refractivity contribution in [3.05, 3.63) is 48.3 Å². The van der Waals surface area contributed by atoms with Gasteiger partial charge in [-0.15, -0.1) is 0 Å². The lowest BCUT2D eigenvalue weighted by Gasteiger charge is -2.13. The fraction of sp³-hybridized carbons (Fsp3) is 0.188. The van der Waals surface area contributed by atoms with E-state index in [2.05, 4.69) is 18.8 Å². The number of nitrogen functional groups attached to an aromatic ring is 1. The van der Waals surface area contributed by atoms with E-state index in [4.69, 9.17) is 5.73 Å². The van der Waals surface area contributed by atoms with E-state index in [9.17, 15) is 4.39 Å². The number of nitrogens with two attached hydrogens (primary N) is 1. The lowest BCUT2D eigenvalue weighted by Crippen LogP contribution is -2.04. The SMILES string of the molecule is CC(C)n1c(-c2ccc(N)cc2F)nc2ccccc21. The van der Waals surface area contributed by atoms with Crippen LogP contribution in [0.3, 0.4) is 0 Å². The van der Waals surface area contributed by atoms with Crippen LogP contribution in [-0.4, -0.2) is 9.55 Å². The van der Waals surface area contributed by atoms with Gasteiger partial charge in [-0.05, 0) is 44.2 Å². The molecule has 3 rings (SSSR count). The highest BCUT2D eigenvalue weighted by atomic mass is 19.1. The van der Waals surface area contributed by atoms with E-state index in [0.717, 1.165) is 11.0 Å². The Bertz CT molecular complexity index is 774. The first-order valence-corrected chi connectivity index (χ1v) is 6.60. The summed E-state index contributed by atoms with van der Waals surface area (Å²) in [4.78, 5) is 4.58. The van der Waals surface area contributed by atoms with Gasteiger partial charge in [0.1, 0.15) is 11.6 Å². The highest BCUT2D eigenvalue weighted by Gasteiger charge is 2.17. The second-order valence-corrected chi connectivity index (χ2v) is 5.13. The lowest BCUT2D eigenvalue weighted by atomic mass is 10.1. The average Bonchev–Trinajstić information content (AvgIpc) is 2.77. The zero-order valence-electron chi connectivity index (χ0n) is 11.5. The molecule has 0 amide bonds. The Hall–Kier alpha value is -2.36. The van der Waals surface area contributed by atoms with Crippen molar-refractivity contribution < 1.29 is 4.39 Å². The Morgan fingerprint density at radius 3 is 2.60 bits per heavy atom. The summed E-state index contributed by atoms with van der Waals surface area (Å²) < 4.78 is 16.2. The molecule has 1 aromatic heterocycles. The molecule has 0 aliphatic rings. The van der Waals surface area contributed by atoms with E-state index in [-0.39, 0.29) is 11.9 Å². The Morgan fingerprint density at radius 2 is 1.90 bits per heavy atom. The molecule has 3 aromatic rings. The number of benzene rings is 2. The van der Waals surface area contributed by atoms with E-state index < -0.39 is 0 Å². The Morgan fingerprint density at radius 1 is 1.15 bits per heavy atom. The number of hydrogen-bond donors (Lipinski definition) is 1. The maximum Gasteiger partial charge on any atom is 0.144 e. The smallest absolute Gasteiger partial charge is 0.144 e. The third-order valence-corrected chi connectivity index (χ3v) is 3.35. The van der Waals surface area contributed by atoms with Gasteiger partial charge in [0.05, 0.1) is 16.6 Å². The number of halogens is 1. The molecule has 0 atom stereocenters. The molecule has 102 valence electrons. The number of imidazole rings is 1. The summed E-state index contributed by atoms with van der Waals surface area (Å²) in [5, 5.41) is 0. The normalized spacial score (nSPS) is 11.4. The van der Waals surface area contributed by atoms with Gasteiger partial charge in [0.2, 0.25) is 0 Å². The quantitative estimate of drug-likeness (QED) is 0.714. The van der Waals surface area contributed by atoms with Crippen LogP contribution in [0, 0.1) is 5.82 Å². The minimum atomic E-state index is -0.345. The van der Waals surface area contributed by atoms with Gasteiger partial charge in [-0.3, -0.25) is 0 Å². The van der Waals surface area contributed by atoms with Crippen molar-refractivity contribution >= 4 is 16.7 Å². The van der Waals surface area contributed by atoms with Crippen LogP contribution in [0.2, 0.25) is 0 Å². The van der Waals surface area contributed by atoms with E-state index in [0.29, 0.717) is 17.1 Å². The van der Waals surface area contributed by atoms with Crippen LogP contribution in [0.4, 0.5) is 10.1 Å². The first-order valence-electron chi connectivity index (χ1n) is 6.60. The molecule has 2 N–H and O–H groups in total. The first kappa shape index (κ1) is 12.7. The van der Waals surface area contributed by atoms with Crippen LogP contribution in [-0.2, 0) is 0 Å². The Balaban J connectivity index is 2.32. The number of aromatic nitrogens is 2. The summed E-state index contributed by atoms with van der Waals surface area (Å²) in [6.07, 6.45) is 0. The van der Waals surface area contributed by atoms with Crippen molar-refractivity contribution in [3.63, 3.8) is 0 Å². The van der Waals surface area contributed by atoms with E-state index in [1.807, 2.05) is 28.8 Å². The van der Waals surface area contributed by atoms with Crippen molar-refractivity contribution in [1.82, 2.24) is 9.55 Å². The van der Waals surface area contributed by atoms with Gasteiger partial charge < -0.3 is 10.3 Å². The van der Waals surface area contributed by atoms with Gasteiger partial charge in [0.25, 0.3) is 0 Å². The van der Waals surface area contributed by atoms with Crippen molar-refractivity contribution in [1.29, 1.82) is 0 Å². The van der Waals surface area contributed by atoms with Crippen molar-refractivity contribution in [2.45, 2.75) is 19.9 Å². The molecule has 1 heterocycles. The summed E-state index contributed by atoms with van der Waals surface area (Å²) in [5.74, 6) is 0.293. The van der Waals surface area contributed by atoms with Gasteiger partial charge in [-0.2, -0.15) is 0 Å². The second kappa shape index (κ2) is 4.63. The predicted molar refractivity (Wildman–Crippen MR) is 79.9 cm³/mol. The molecule has 0 saturated heterocycles. The van der Waals surface area contributed by atoms with Crippen LogP contribution < -0.4 is 5.73 Å². The van der Waals surface area contributed by atoms with Gasteiger partial charge in [0, 0.05) is 11.7 Å². The molecule has 0 radical (unpaired) electrons. The maximum atomic E-state index is 14.2. The van der Waals surface area contributed by atoms with Crippen LogP contribution in [0.15, 0.2) is 42.5 Å². The third kappa shape index (κ3) is 1.93. The van der Waals surface area contributed by atoms with E-state index in [1.165, 1.54) is 6.07 Å². The summed E-state index contributed by atoms with van der Waals surface area (Å²) in [7, 11) is 0. The molecule has 0 fully saturated rings. The highest BCUT2D eigenvalue weighted by Crippen LogP contribution is 2.30. The predicted octanol–water partition coefficient (Wildman–Crippen LogP) is 4.01. The maximum absolute atomic E-state index is 14.2. The minimum absolute atomic E-state index is 0.189. The molecular weight excluding hydrogens is 253 g/mol. The van der Waals surface area contributed by atoms with Gasteiger partial charge >= 0.3 is 0 Å². The number of hydrogen-bond acceptors (Lipinski definition) is 2. The summed E-state index contributed by atoms with van der Waals surface area (Å²) in [6.45, 7) is 4.12. The minimum Gasteiger partial charge on any atom is -0.399 e.